The summed E-state index contributed by atoms with van der Waals surface area (Å²) in [5.41, 5.74) is -0.797. The van der Waals surface area contributed by atoms with Crippen molar-refractivity contribution in [3.63, 3.8) is 0 Å². The minimum atomic E-state index is -4.28. The molecule has 4 nitrogen and oxygen atoms in total. The van der Waals surface area contributed by atoms with Crippen LogP contribution in [0.15, 0.2) is 17.0 Å². The van der Waals surface area contributed by atoms with Crippen molar-refractivity contribution in [2.24, 2.45) is 0 Å². The molecule has 0 saturated carbocycles. The molecule has 1 aliphatic heterocycles. The van der Waals surface area contributed by atoms with Crippen LogP contribution in [0.3, 0.4) is 0 Å². The van der Waals surface area contributed by atoms with Crippen LogP contribution >= 0.6 is 0 Å². The van der Waals surface area contributed by atoms with E-state index in [0.717, 1.165) is 0 Å². The summed E-state index contributed by atoms with van der Waals surface area (Å²) < 4.78 is 71.2. The highest BCUT2D eigenvalue weighted by Gasteiger charge is 2.34. The number of ether oxygens (including phenoxy) is 1. The van der Waals surface area contributed by atoms with Crippen LogP contribution in [0.1, 0.15) is 19.8 Å². The minimum absolute atomic E-state index is 0.374. The maximum absolute atomic E-state index is 13.6. The van der Waals surface area contributed by atoms with Gasteiger partial charge >= 0.3 is 0 Å². The van der Waals surface area contributed by atoms with Crippen molar-refractivity contribution in [2.45, 2.75) is 30.2 Å². The molecule has 1 fully saturated rings. The monoisotopic (exact) mass is 309 g/mol. The van der Waals surface area contributed by atoms with E-state index in [1.807, 2.05) is 0 Å². The number of nitrogens with one attached hydrogen (secondary N) is 1. The molecule has 0 radical (unpaired) electrons. The fourth-order valence-electron chi connectivity index (χ4n) is 2.02. The van der Waals surface area contributed by atoms with E-state index in [0.29, 0.717) is 38.2 Å². The van der Waals surface area contributed by atoms with Gasteiger partial charge in [-0.1, -0.05) is 0 Å². The molecule has 0 aromatic heterocycles. The van der Waals surface area contributed by atoms with Gasteiger partial charge in [0.25, 0.3) is 0 Å². The van der Waals surface area contributed by atoms with E-state index >= 15 is 0 Å². The highest BCUT2D eigenvalue weighted by atomic mass is 32.2. The van der Waals surface area contributed by atoms with E-state index in [-0.39, 0.29) is 0 Å². The first-order valence-corrected chi connectivity index (χ1v) is 7.49. The molecule has 1 saturated heterocycles. The third-order valence-electron chi connectivity index (χ3n) is 3.27. The summed E-state index contributed by atoms with van der Waals surface area (Å²) in [4.78, 5) is -0.899. The van der Waals surface area contributed by atoms with Crippen LogP contribution in [-0.2, 0) is 14.8 Å². The Kier molecular flexibility index (Phi) is 4.08. The summed E-state index contributed by atoms with van der Waals surface area (Å²) >= 11 is 0. The normalized spacial score (nSPS) is 19.0. The lowest BCUT2D eigenvalue weighted by molar-refractivity contribution is 0.0537. The summed E-state index contributed by atoms with van der Waals surface area (Å²) in [5.74, 6) is -4.95. The Morgan fingerprint density at radius 2 is 1.75 bits per heavy atom. The average molecular weight is 309 g/mol. The lowest BCUT2D eigenvalue weighted by atomic mass is 9.94. The molecule has 0 atom stereocenters. The first kappa shape index (κ1) is 15.3. The molecular formula is C12H14F3NO3S. The predicted octanol–water partition coefficient (Wildman–Crippen LogP) is 1.95. The summed E-state index contributed by atoms with van der Waals surface area (Å²) in [6.07, 6.45) is 0.828. The van der Waals surface area contributed by atoms with Crippen LogP contribution in [0.2, 0.25) is 0 Å². The smallest absolute Gasteiger partial charge is 0.244 e. The highest BCUT2D eigenvalue weighted by Crippen LogP contribution is 2.25. The Hall–Kier alpha value is -1.12. The van der Waals surface area contributed by atoms with Gasteiger partial charge in [0, 0.05) is 18.8 Å². The summed E-state index contributed by atoms with van der Waals surface area (Å²) in [6, 6.07) is 1.29. The molecule has 0 unspecified atom stereocenters. The molecule has 0 bridgehead atoms. The van der Waals surface area contributed by atoms with Crippen molar-refractivity contribution in [1.29, 1.82) is 0 Å². The Morgan fingerprint density at radius 1 is 1.15 bits per heavy atom. The van der Waals surface area contributed by atoms with Crippen molar-refractivity contribution >= 4 is 10.0 Å². The zero-order valence-electron chi connectivity index (χ0n) is 10.8. The second kappa shape index (κ2) is 5.34. The van der Waals surface area contributed by atoms with E-state index in [9.17, 15) is 21.6 Å². The zero-order chi connectivity index (χ0) is 15.0. The van der Waals surface area contributed by atoms with Crippen LogP contribution in [0.25, 0.3) is 0 Å². The number of halogens is 3. The predicted molar refractivity (Wildman–Crippen MR) is 65.1 cm³/mol. The van der Waals surface area contributed by atoms with Crippen LogP contribution in [0.4, 0.5) is 13.2 Å². The maximum atomic E-state index is 13.6. The second-order valence-electron chi connectivity index (χ2n) is 4.95. The summed E-state index contributed by atoms with van der Waals surface area (Å²) in [6.45, 7) is 2.41. The Morgan fingerprint density at radius 3 is 2.35 bits per heavy atom. The van der Waals surface area contributed by atoms with Gasteiger partial charge in [0.2, 0.25) is 10.0 Å². The number of rotatable bonds is 3. The zero-order valence-corrected chi connectivity index (χ0v) is 11.6. The molecule has 1 aliphatic rings. The van der Waals surface area contributed by atoms with Crippen LogP contribution < -0.4 is 4.72 Å². The van der Waals surface area contributed by atoms with Crippen molar-refractivity contribution < 1.29 is 26.3 Å². The Bertz CT molecular complexity index is 613. The van der Waals surface area contributed by atoms with E-state index in [1.165, 1.54) is 0 Å². The van der Waals surface area contributed by atoms with Crippen molar-refractivity contribution in [1.82, 2.24) is 4.72 Å². The third kappa shape index (κ3) is 2.97. The van der Waals surface area contributed by atoms with Crippen LogP contribution in [0, 0.1) is 17.5 Å². The number of hydrogen-bond donors (Lipinski definition) is 1. The SMILES string of the molecule is CC1(NS(=O)(=O)c2ccc(F)c(F)c2F)CCOCC1. The molecule has 8 heteroatoms. The van der Waals surface area contributed by atoms with Crippen molar-refractivity contribution in [2.75, 3.05) is 13.2 Å². The highest BCUT2D eigenvalue weighted by molar-refractivity contribution is 7.89. The largest absolute Gasteiger partial charge is 0.381 e. The van der Waals surface area contributed by atoms with Gasteiger partial charge in [-0.2, -0.15) is 0 Å². The fourth-order valence-corrected chi connectivity index (χ4v) is 3.55. The molecular weight excluding hydrogens is 295 g/mol. The molecule has 2 rings (SSSR count). The molecule has 0 spiro atoms. The van der Waals surface area contributed by atoms with Gasteiger partial charge in [0.1, 0.15) is 4.90 Å². The van der Waals surface area contributed by atoms with E-state index < -0.39 is 37.9 Å². The van der Waals surface area contributed by atoms with E-state index in [2.05, 4.69) is 4.72 Å². The fraction of sp³-hybridized carbons (Fsp3) is 0.500. The van der Waals surface area contributed by atoms with Gasteiger partial charge in [-0.05, 0) is 31.9 Å². The molecule has 1 heterocycles. The first-order valence-electron chi connectivity index (χ1n) is 6.00. The average Bonchev–Trinajstić information content (AvgIpc) is 2.35. The molecule has 1 aromatic rings. The Labute approximate surface area is 115 Å². The standard InChI is InChI=1S/C12H14F3NO3S/c1-12(4-6-19-7-5-12)16-20(17,18)9-3-2-8(13)10(14)11(9)15/h2-3,16H,4-7H2,1H3. The van der Waals surface area contributed by atoms with Gasteiger partial charge in [0.05, 0.1) is 0 Å². The van der Waals surface area contributed by atoms with Gasteiger partial charge in [-0.15, -0.1) is 0 Å². The van der Waals surface area contributed by atoms with E-state index in [1.54, 1.807) is 6.92 Å². The number of benzene rings is 1. The molecule has 0 aliphatic carbocycles. The van der Waals surface area contributed by atoms with Gasteiger partial charge in [-0.3, -0.25) is 0 Å². The van der Waals surface area contributed by atoms with E-state index in [4.69, 9.17) is 4.74 Å². The molecule has 112 valence electrons. The number of sulfonamides is 1. The third-order valence-corrected chi connectivity index (χ3v) is 4.92. The van der Waals surface area contributed by atoms with Gasteiger partial charge < -0.3 is 4.74 Å². The van der Waals surface area contributed by atoms with Gasteiger partial charge in [0.15, 0.2) is 17.5 Å². The lowest BCUT2D eigenvalue weighted by Crippen LogP contribution is -2.49. The molecule has 20 heavy (non-hydrogen) atoms. The molecule has 0 amide bonds. The minimum Gasteiger partial charge on any atom is -0.381 e. The van der Waals surface area contributed by atoms with Crippen molar-refractivity contribution in [3.05, 3.63) is 29.6 Å². The summed E-state index contributed by atoms with van der Waals surface area (Å²) in [5, 5.41) is 0. The topological polar surface area (TPSA) is 55.4 Å². The summed E-state index contributed by atoms with van der Waals surface area (Å²) in [7, 11) is -4.28. The maximum Gasteiger partial charge on any atom is 0.244 e. The van der Waals surface area contributed by atoms with Crippen LogP contribution in [-0.4, -0.2) is 27.2 Å². The number of hydrogen-bond acceptors (Lipinski definition) is 3. The quantitative estimate of drug-likeness (QED) is 0.868. The first-order chi connectivity index (χ1) is 9.25. The van der Waals surface area contributed by atoms with Crippen molar-refractivity contribution in [3.8, 4) is 0 Å². The molecule has 1 N–H and O–H groups in total. The van der Waals surface area contributed by atoms with Gasteiger partial charge in [-0.25, -0.2) is 26.3 Å². The lowest BCUT2D eigenvalue weighted by Gasteiger charge is -2.34. The Balaban J connectivity index is 2.33. The van der Waals surface area contributed by atoms with Crippen LogP contribution in [0.5, 0.6) is 0 Å². The molecule has 1 aromatic carbocycles. The second-order valence-corrected chi connectivity index (χ2v) is 6.60.